The van der Waals surface area contributed by atoms with Crippen molar-refractivity contribution in [1.82, 2.24) is 10.3 Å². The van der Waals surface area contributed by atoms with Gasteiger partial charge in [0.05, 0.1) is 0 Å². The van der Waals surface area contributed by atoms with E-state index < -0.39 is 0 Å². The van der Waals surface area contributed by atoms with Crippen LogP contribution in [0.4, 0.5) is 0 Å². The molecule has 1 atom stereocenters. The first-order valence-corrected chi connectivity index (χ1v) is 7.04. The fourth-order valence-corrected chi connectivity index (χ4v) is 2.81. The number of nitrogens with one attached hydrogen (secondary N) is 1. The molecule has 1 fully saturated rings. The normalized spacial score (nSPS) is 19.9. The fraction of sp³-hybridized carbons (Fsp3) is 0.357. The molecule has 3 nitrogen and oxygen atoms in total. The molecule has 0 saturated carbocycles. The summed E-state index contributed by atoms with van der Waals surface area (Å²) in [5, 5.41) is 5.56. The van der Waals surface area contributed by atoms with Gasteiger partial charge in [-0.3, -0.25) is 0 Å². The predicted octanol–water partition coefficient (Wildman–Crippen LogP) is 3.13. The molecule has 1 aromatic carbocycles. The van der Waals surface area contributed by atoms with Crippen molar-refractivity contribution in [3.63, 3.8) is 0 Å². The second-order valence-corrected chi connectivity index (χ2v) is 5.39. The first-order valence-electron chi connectivity index (χ1n) is 6.25. The zero-order valence-corrected chi connectivity index (χ0v) is 11.6. The Labute approximate surface area is 115 Å². The smallest absolute Gasteiger partial charge is 0.221 e. The molecule has 4 heteroatoms. The Kier molecular flexibility index (Phi) is 3.48. The maximum Gasteiger partial charge on any atom is 0.221 e. The van der Waals surface area contributed by atoms with Crippen LogP contribution in [0.1, 0.15) is 12.8 Å². The molecule has 0 spiro atoms. The van der Waals surface area contributed by atoms with Gasteiger partial charge in [0.25, 0.3) is 0 Å². The third-order valence-electron chi connectivity index (χ3n) is 3.25. The molecule has 1 aliphatic rings. The molecule has 1 aromatic heterocycles. The van der Waals surface area contributed by atoms with Crippen LogP contribution in [0.3, 0.4) is 0 Å². The minimum atomic E-state index is 0.232. The first-order chi connectivity index (χ1) is 8.84. The molecule has 0 aliphatic carbocycles. The summed E-state index contributed by atoms with van der Waals surface area (Å²) in [5.74, 6) is 0.738. The number of benzene rings is 1. The second-order valence-electron chi connectivity index (χ2n) is 4.54. The molecular formula is C14H15BrN2O. The maximum atomic E-state index is 6.03. The van der Waals surface area contributed by atoms with Gasteiger partial charge in [-0.2, -0.15) is 0 Å². The standard InChI is InChI=1S/C14H15BrN2O/c15-13-5-1-4-12-11(13)6-8-17-14(12)18-10-3-2-7-16-9-10/h1,4-6,8,10,16H,2-3,7,9H2/t10-/m0/s1. The van der Waals surface area contributed by atoms with Crippen LogP contribution >= 0.6 is 15.9 Å². The molecule has 1 aliphatic heterocycles. The Bertz CT molecular complexity index is 552. The Morgan fingerprint density at radius 2 is 2.22 bits per heavy atom. The van der Waals surface area contributed by atoms with Gasteiger partial charge in [0.2, 0.25) is 5.88 Å². The van der Waals surface area contributed by atoms with Crippen LogP contribution in [0.2, 0.25) is 0 Å². The van der Waals surface area contributed by atoms with E-state index >= 15 is 0 Å². The summed E-state index contributed by atoms with van der Waals surface area (Å²) < 4.78 is 7.11. The van der Waals surface area contributed by atoms with E-state index in [1.54, 1.807) is 6.20 Å². The summed E-state index contributed by atoms with van der Waals surface area (Å²) in [4.78, 5) is 4.37. The summed E-state index contributed by atoms with van der Waals surface area (Å²) in [6, 6.07) is 8.11. The van der Waals surface area contributed by atoms with E-state index in [-0.39, 0.29) is 6.10 Å². The lowest BCUT2D eigenvalue weighted by molar-refractivity contribution is 0.163. The largest absolute Gasteiger partial charge is 0.473 e. The van der Waals surface area contributed by atoms with Gasteiger partial charge < -0.3 is 10.1 Å². The lowest BCUT2D eigenvalue weighted by Crippen LogP contribution is -2.37. The molecular weight excluding hydrogens is 292 g/mol. The maximum absolute atomic E-state index is 6.03. The van der Waals surface area contributed by atoms with Gasteiger partial charge in [-0.05, 0) is 37.6 Å². The summed E-state index contributed by atoms with van der Waals surface area (Å²) in [6.45, 7) is 2.00. The van der Waals surface area contributed by atoms with Gasteiger partial charge >= 0.3 is 0 Å². The summed E-state index contributed by atoms with van der Waals surface area (Å²) in [5.41, 5.74) is 0. The SMILES string of the molecule is Brc1cccc2c(O[C@H]3CCCNC3)nccc12. The van der Waals surface area contributed by atoms with Gasteiger partial charge in [0.1, 0.15) is 6.10 Å². The molecule has 0 amide bonds. The van der Waals surface area contributed by atoms with Crippen LogP contribution < -0.4 is 10.1 Å². The molecule has 0 radical (unpaired) electrons. The molecule has 1 N–H and O–H groups in total. The number of pyridine rings is 1. The van der Waals surface area contributed by atoms with Crippen molar-refractivity contribution < 1.29 is 4.74 Å². The van der Waals surface area contributed by atoms with Crippen LogP contribution in [0.25, 0.3) is 10.8 Å². The van der Waals surface area contributed by atoms with Crippen molar-refractivity contribution in [3.05, 3.63) is 34.9 Å². The Balaban J connectivity index is 1.93. The van der Waals surface area contributed by atoms with Crippen molar-refractivity contribution in [2.75, 3.05) is 13.1 Å². The molecule has 2 heterocycles. The minimum absolute atomic E-state index is 0.232. The molecule has 3 rings (SSSR count). The quantitative estimate of drug-likeness (QED) is 0.925. The van der Waals surface area contributed by atoms with Gasteiger partial charge in [-0.1, -0.05) is 22.0 Å². The zero-order chi connectivity index (χ0) is 12.4. The van der Waals surface area contributed by atoms with Gasteiger partial charge in [0.15, 0.2) is 0 Å². The monoisotopic (exact) mass is 306 g/mol. The number of ether oxygens (including phenoxy) is 1. The highest BCUT2D eigenvalue weighted by molar-refractivity contribution is 9.10. The van der Waals surface area contributed by atoms with Crippen LogP contribution in [0.5, 0.6) is 5.88 Å². The molecule has 18 heavy (non-hydrogen) atoms. The number of halogens is 1. The van der Waals surface area contributed by atoms with Crippen molar-refractivity contribution in [2.45, 2.75) is 18.9 Å². The van der Waals surface area contributed by atoms with E-state index in [1.807, 2.05) is 18.2 Å². The minimum Gasteiger partial charge on any atom is -0.473 e. The molecule has 0 unspecified atom stereocenters. The number of piperidine rings is 1. The molecule has 2 aromatic rings. The number of hydrogen-bond acceptors (Lipinski definition) is 3. The highest BCUT2D eigenvalue weighted by Gasteiger charge is 2.16. The van der Waals surface area contributed by atoms with E-state index in [9.17, 15) is 0 Å². The molecule has 1 saturated heterocycles. The number of rotatable bonds is 2. The second kappa shape index (κ2) is 5.24. The average molecular weight is 307 g/mol. The lowest BCUT2D eigenvalue weighted by atomic mass is 10.1. The highest BCUT2D eigenvalue weighted by atomic mass is 79.9. The van der Waals surface area contributed by atoms with Crippen molar-refractivity contribution in [1.29, 1.82) is 0 Å². The van der Waals surface area contributed by atoms with Crippen molar-refractivity contribution in [2.24, 2.45) is 0 Å². The first kappa shape index (κ1) is 11.9. The third kappa shape index (κ3) is 2.35. The Morgan fingerprint density at radius 1 is 1.28 bits per heavy atom. The van der Waals surface area contributed by atoms with Crippen LogP contribution in [-0.2, 0) is 0 Å². The molecule has 0 bridgehead atoms. The number of nitrogens with zero attached hydrogens (tertiary/aromatic N) is 1. The van der Waals surface area contributed by atoms with E-state index in [1.165, 1.54) is 6.42 Å². The van der Waals surface area contributed by atoms with E-state index in [4.69, 9.17) is 4.74 Å². The van der Waals surface area contributed by atoms with Gasteiger partial charge in [-0.25, -0.2) is 4.98 Å². The summed E-state index contributed by atoms with van der Waals surface area (Å²) >= 11 is 3.56. The molecule has 94 valence electrons. The highest BCUT2D eigenvalue weighted by Crippen LogP contribution is 2.29. The summed E-state index contributed by atoms with van der Waals surface area (Å²) in [6.07, 6.45) is 4.30. The fourth-order valence-electron chi connectivity index (χ4n) is 2.31. The van der Waals surface area contributed by atoms with Gasteiger partial charge in [0, 0.05) is 28.0 Å². The van der Waals surface area contributed by atoms with E-state index in [0.29, 0.717) is 0 Å². The topological polar surface area (TPSA) is 34.1 Å². The Hall–Kier alpha value is -1.13. The number of aromatic nitrogens is 1. The van der Waals surface area contributed by atoms with Crippen LogP contribution in [0.15, 0.2) is 34.9 Å². The van der Waals surface area contributed by atoms with Crippen molar-refractivity contribution in [3.8, 4) is 5.88 Å². The third-order valence-corrected chi connectivity index (χ3v) is 3.94. The summed E-state index contributed by atoms with van der Waals surface area (Å²) in [7, 11) is 0. The van der Waals surface area contributed by atoms with Crippen molar-refractivity contribution >= 4 is 26.7 Å². The Morgan fingerprint density at radius 3 is 3.06 bits per heavy atom. The van der Waals surface area contributed by atoms with E-state index in [2.05, 4.69) is 32.3 Å². The predicted molar refractivity (Wildman–Crippen MR) is 76.0 cm³/mol. The lowest BCUT2D eigenvalue weighted by Gasteiger charge is -2.23. The van der Waals surface area contributed by atoms with E-state index in [0.717, 1.165) is 40.6 Å². The zero-order valence-electron chi connectivity index (χ0n) is 10.0. The van der Waals surface area contributed by atoms with Crippen LogP contribution in [-0.4, -0.2) is 24.2 Å². The average Bonchev–Trinajstić information content (AvgIpc) is 2.41. The number of hydrogen-bond donors (Lipinski definition) is 1. The van der Waals surface area contributed by atoms with Gasteiger partial charge in [-0.15, -0.1) is 0 Å². The van der Waals surface area contributed by atoms with Crippen LogP contribution in [0, 0.1) is 0 Å². The number of fused-ring (bicyclic) bond motifs is 1.